The topological polar surface area (TPSA) is 52.6 Å². The highest BCUT2D eigenvalue weighted by Gasteiger charge is 2.16. The van der Waals surface area contributed by atoms with Crippen molar-refractivity contribution in [3.8, 4) is 0 Å². The maximum Gasteiger partial charge on any atom is 0.595 e. The molecule has 0 spiro atoms. The molecule has 0 aliphatic carbocycles. The van der Waals surface area contributed by atoms with Gasteiger partial charge in [-0.25, -0.2) is 0 Å². The van der Waals surface area contributed by atoms with Crippen LogP contribution in [0.5, 0.6) is 0 Å². The molecule has 0 aliphatic heterocycles. The van der Waals surface area contributed by atoms with E-state index in [2.05, 4.69) is 9.31 Å². The second kappa shape index (κ2) is 3.92. The minimum atomic E-state index is -0.782. The first kappa shape index (κ1) is 9.00. The molecule has 0 heterocycles. The number of carbonyl (C=O) groups is 2. The van der Waals surface area contributed by atoms with Gasteiger partial charge in [0.1, 0.15) is 0 Å². The van der Waals surface area contributed by atoms with E-state index >= 15 is 0 Å². The molecule has 0 aromatic carbocycles. The molecular formula is C5H9BO4. The highest BCUT2D eigenvalue weighted by molar-refractivity contribution is 6.47. The molecule has 0 unspecified atom stereocenters. The summed E-state index contributed by atoms with van der Waals surface area (Å²) in [5.74, 6) is -0.928. The Kier molecular flexibility index (Phi) is 3.53. The summed E-state index contributed by atoms with van der Waals surface area (Å²) in [4.78, 5) is 20.4. The standard InChI is InChI=1S/C5H9BO4/c1-4(7)9-6(3)10-5(2)8/h1-3H3. The normalized spacial score (nSPS) is 8.30. The van der Waals surface area contributed by atoms with Crippen molar-refractivity contribution in [2.75, 3.05) is 0 Å². The fraction of sp³-hybridized carbons (Fsp3) is 0.600. The van der Waals surface area contributed by atoms with E-state index in [1.54, 1.807) is 0 Å². The first-order valence-electron chi connectivity index (χ1n) is 2.87. The minimum absolute atomic E-state index is 0.464. The summed E-state index contributed by atoms with van der Waals surface area (Å²) in [5, 5.41) is 0. The van der Waals surface area contributed by atoms with Crippen molar-refractivity contribution in [3.05, 3.63) is 0 Å². The van der Waals surface area contributed by atoms with Crippen LogP contribution < -0.4 is 0 Å². The van der Waals surface area contributed by atoms with Gasteiger partial charge in [0.2, 0.25) is 0 Å². The molecule has 0 bridgehead atoms. The van der Waals surface area contributed by atoms with Gasteiger partial charge >= 0.3 is 7.12 Å². The third-order valence-corrected chi connectivity index (χ3v) is 0.664. The Morgan fingerprint density at radius 3 is 1.60 bits per heavy atom. The number of hydrogen-bond acceptors (Lipinski definition) is 4. The van der Waals surface area contributed by atoms with Gasteiger partial charge in [0.15, 0.2) is 0 Å². The Balaban J connectivity index is 3.53. The highest BCUT2D eigenvalue weighted by atomic mass is 16.6. The Morgan fingerprint density at radius 1 is 1.10 bits per heavy atom. The van der Waals surface area contributed by atoms with Crippen molar-refractivity contribution in [3.63, 3.8) is 0 Å². The maximum atomic E-state index is 10.2. The first-order valence-corrected chi connectivity index (χ1v) is 2.87. The van der Waals surface area contributed by atoms with Gasteiger partial charge in [-0.1, -0.05) is 0 Å². The summed E-state index contributed by atoms with van der Waals surface area (Å²) in [5.41, 5.74) is 0. The van der Waals surface area contributed by atoms with Gasteiger partial charge in [0, 0.05) is 13.8 Å². The first-order chi connectivity index (χ1) is 4.52. The second-order valence-corrected chi connectivity index (χ2v) is 1.79. The predicted octanol–water partition coefficient (Wildman–Crippen LogP) is 0.231. The van der Waals surface area contributed by atoms with Crippen LogP contribution in [-0.4, -0.2) is 19.1 Å². The van der Waals surface area contributed by atoms with Gasteiger partial charge in [-0.2, -0.15) is 0 Å². The molecule has 0 fully saturated rings. The van der Waals surface area contributed by atoms with E-state index in [4.69, 9.17) is 0 Å². The third kappa shape index (κ3) is 5.15. The summed E-state index contributed by atoms with van der Waals surface area (Å²) in [7, 11) is -0.782. The quantitative estimate of drug-likeness (QED) is 0.520. The SMILES string of the molecule is CB(OC(C)=O)OC(C)=O. The molecule has 5 heteroatoms. The fourth-order valence-corrected chi connectivity index (χ4v) is 0.491. The molecular weight excluding hydrogens is 135 g/mol. The molecule has 10 heavy (non-hydrogen) atoms. The Bertz CT molecular complexity index is 129. The summed E-state index contributed by atoms with van der Waals surface area (Å²) in [6.07, 6.45) is 0. The van der Waals surface area contributed by atoms with Crippen LogP contribution in [0, 0.1) is 0 Å². The van der Waals surface area contributed by atoms with Crippen molar-refractivity contribution in [1.29, 1.82) is 0 Å². The van der Waals surface area contributed by atoms with Crippen LogP contribution in [0.15, 0.2) is 0 Å². The monoisotopic (exact) mass is 144 g/mol. The average molecular weight is 144 g/mol. The fourth-order valence-electron chi connectivity index (χ4n) is 0.491. The predicted molar refractivity (Wildman–Crippen MR) is 35.1 cm³/mol. The molecule has 0 rings (SSSR count). The molecule has 56 valence electrons. The van der Waals surface area contributed by atoms with Crippen LogP contribution in [0.4, 0.5) is 0 Å². The lowest BCUT2D eigenvalue weighted by atomic mass is 9.95. The molecule has 0 aromatic rings. The Morgan fingerprint density at radius 2 is 1.40 bits per heavy atom. The minimum Gasteiger partial charge on any atom is -0.500 e. The van der Waals surface area contributed by atoms with E-state index in [-0.39, 0.29) is 0 Å². The summed E-state index contributed by atoms with van der Waals surface area (Å²) >= 11 is 0. The van der Waals surface area contributed by atoms with Crippen LogP contribution in [0.3, 0.4) is 0 Å². The van der Waals surface area contributed by atoms with E-state index < -0.39 is 19.1 Å². The molecule has 0 saturated carbocycles. The zero-order valence-electron chi connectivity index (χ0n) is 6.21. The average Bonchev–Trinajstić information content (AvgIpc) is 1.58. The zero-order valence-corrected chi connectivity index (χ0v) is 6.21. The molecule has 0 aliphatic rings. The van der Waals surface area contributed by atoms with Crippen LogP contribution >= 0.6 is 0 Å². The summed E-state index contributed by atoms with van der Waals surface area (Å²) < 4.78 is 8.96. The number of carbonyl (C=O) groups excluding carboxylic acids is 2. The van der Waals surface area contributed by atoms with Gasteiger partial charge in [0.05, 0.1) is 0 Å². The van der Waals surface area contributed by atoms with Gasteiger partial charge in [-0.05, 0) is 6.82 Å². The number of rotatable bonds is 2. The van der Waals surface area contributed by atoms with E-state index in [0.29, 0.717) is 0 Å². The van der Waals surface area contributed by atoms with Crippen LogP contribution in [-0.2, 0) is 18.9 Å². The lowest BCUT2D eigenvalue weighted by Gasteiger charge is -2.05. The van der Waals surface area contributed by atoms with Crippen molar-refractivity contribution in [2.24, 2.45) is 0 Å². The lowest BCUT2D eigenvalue weighted by molar-refractivity contribution is -0.137. The van der Waals surface area contributed by atoms with Gasteiger partial charge in [-0.15, -0.1) is 0 Å². The molecule has 0 N–H and O–H groups in total. The van der Waals surface area contributed by atoms with E-state index in [1.807, 2.05) is 0 Å². The Labute approximate surface area is 59.6 Å². The van der Waals surface area contributed by atoms with Gasteiger partial charge in [0.25, 0.3) is 11.9 Å². The zero-order chi connectivity index (χ0) is 8.15. The lowest BCUT2D eigenvalue weighted by Crippen LogP contribution is -2.23. The van der Waals surface area contributed by atoms with E-state index in [9.17, 15) is 9.59 Å². The third-order valence-electron chi connectivity index (χ3n) is 0.664. The number of hydrogen-bond donors (Lipinski definition) is 0. The van der Waals surface area contributed by atoms with Crippen LogP contribution in [0.2, 0.25) is 6.82 Å². The molecule has 0 saturated heterocycles. The smallest absolute Gasteiger partial charge is 0.500 e. The van der Waals surface area contributed by atoms with E-state index in [0.717, 1.165) is 0 Å². The van der Waals surface area contributed by atoms with Gasteiger partial charge < -0.3 is 9.31 Å². The highest BCUT2D eigenvalue weighted by Crippen LogP contribution is 1.89. The van der Waals surface area contributed by atoms with Crippen molar-refractivity contribution < 1.29 is 18.9 Å². The van der Waals surface area contributed by atoms with Crippen LogP contribution in [0.1, 0.15) is 13.8 Å². The summed E-state index contributed by atoms with van der Waals surface area (Å²) in [6.45, 7) is 3.97. The molecule has 0 aromatic heterocycles. The second-order valence-electron chi connectivity index (χ2n) is 1.79. The summed E-state index contributed by atoms with van der Waals surface area (Å²) in [6, 6.07) is 0. The van der Waals surface area contributed by atoms with Crippen molar-refractivity contribution in [2.45, 2.75) is 20.7 Å². The van der Waals surface area contributed by atoms with Crippen LogP contribution in [0.25, 0.3) is 0 Å². The molecule has 0 amide bonds. The van der Waals surface area contributed by atoms with Crippen molar-refractivity contribution >= 4 is 19.1 Å². The Hall–Kier alpha value is -0.995. The van der Waals surface area contributed by atoms with E-state index in [1.165, 1.54) is 20.7 Å². The molecule has 4 nitrogen and oxygen atoms in total. The largest absolute Gasteiger partial charge is 0.595 e. The van der Waals surface area contributed by atoms with Gasteiger partial charge in [-0.3, -0.25) is 9.59 Å². The maximum absolute atomic E-state index is 10.2. The molecule has 0 atom stereocenters. The van der Waals surface area contributed by atoms with Crippen molar-refractivity contribution in [1.82, 2.24) is 0 Å². The molecule has 0 radical (unpaired) electrons.